The summed E-state index contributed by atoms with van der Waals surface area (Å²) >= 11 is 6.27. The van der Waals surface area contributed by atoms with Crippen LogP contribution in [0.5, 0.6) is 0 Å². The van der Waals surface area contributed by atoms with Gasteiger partial charge in [-0.15, -0.1) is 5.10 Å². The van der Waals surface area contributed by atoms with Crippen LogP contribution in [0.3, 0.4) is 0 Å². The van der Waals surface area contributed by atoms with E-state index in [4.69, 9.17) is 31.0 Å². The molecule has 2 saturated heterocycles. The van der Waals surface area contributed by atoms with Gasteiger partial charge in [-0.2, -0.15) is 22.3 Å². The molecule has 0 spiro atoms. The molecule has 1 unspecified atom stereocenters. The second-order valence-electron chi connectivity index (χ2n) is 12.9. The van der Waals surface area contributed by atoms with Gasteiger partial charge in [0, 0.05) is 50.7 Å². The minimum absolute atomic E-state index is 0.0560. The Morgan fingerprint density at radius 2 is 1.87 bits per heavy atom. The summed E-state index contributed by atoms with van der Waals surface area (Å²) in [6.45, 7) is 8.01. The summed E-state index contributed by atoms with van der Waals surface area (Å²) in [6.07, 6.45) is 4.39. The number of anilines is 3. The van der Waals surface area contributed by atoms with Crippen molar-refractivity contribution in [3.8, 4) is 28.8 Å². The van der Waals surface area contributed by atoms with Gasteiger partial charge in [0.2, 0.25) is 5.91 Å². The van der Waals surface area contributed by atoms with Crippen LogP contribution in [0, 0.1) is 25.2 Å². The van der Waals surface area contributed by atoms with Crippen molar-refractivity contribution in [2.45, 2.75) is 58.7 Å². The van der Waals surface area contributed by atoms with Crippen LogP contribution in [0.25, 0.3) is 22.8 Å². The number of rotatable bonds is 13. The first-order chi connectivity index (χ1) is 26.0. The number of benzene rings is 1. The van der Waals surface area contributed by atoms with Crippen molar-refractivity contribution in [1.29, 1.82) is 5.26 Å². The van der Waals surface area contributed by atoms with Crippen LogP contribution >= 0.6 is 11.6 Å². The number of aromatic nitrogens is 6. The van der Waals surface area contributed by atoms with Gasteiger partial charge in [0.15, 0.2) is 17.5 Å². The Kier molecular flexibility index (Phi) is 10.6. The second-order valence-corrected chi connectivity index (χ2v) is 15.1. The highest BCUT2D eigenvalue weighted by Gasteiger charge is 2.58. The maximum absolute atomic E-state index is 13.4. The fourth-order valence-electron chi connectivity index (χ4n) is 6.84. The molecule has 4 aromatic rings. The number of amides is 2. The number of likely N-dealkylation sites (N-methyl/N-ethyl adjacent to an activating group) is 1. The van der Waals surface area contributed by atoms with E-state index >= 15 is 0 Å². The molecule has 54 heavy (non-hydrogen) atoms. The zero-order chi connectivity index (χ0) is 38.1. The third kappa shape index (κ3) is 6.89. The van der Waals surface area contributed by atoms with E-state index in [1.165, 1.54) is 16.4 Å². The molecule has 3 aliphatic rings. The topological polar surface area (TPSA) is 202 Å². The maximum Gasteiger partial charge on any atom is 0.311 e. The van der Waals surface area contributed by atoms with Crippen LogP contribution in [0.1, 0.15) is 43.0 Å². The molecule has 0 saturated carbocycles. The van der Waals surface area contributed by atoms with E-state index in [0.717, 1.165) is 15.6 Å². The highest BCUT2D eigenvalue weighted by Crippen LogP contribution is 2.40. The monoisotopic (exact) mass is 775 g/mol. The Bertz CT molecular complexity index is 2260. The number of halogens is 1. The molecule has 1 aromatic carbocycles. The van der Waals surface area contributed by atoms with Crippen molar-refractivity contribution in [3.63, 3.8) is 0 Å². The first-order valence-electron chi connectivity index (χ1n) is 17.6. The summed E-state index contributed by atoms with van der Waals surface area (Å²) < 4.78 is 42.2. The zero-order valence-corrected chi connectivity index (χ0v) is 31.5. The molecule has 2 amide bonds. The van der Waals surface area contributed by atoms with Gasteiger partial charge in [-0.25, -0.2) is 19.9 Å². The predicted octanol–water partition coefficient (Wildman–Crippen LogP) is 3.27. The number of nitriles is 1. The highest BCUT2D eigenvalue weighted by molar-refractivity contribution is 7.91. The fourth-order valence-corrected chi connectivity index (χ4v) is 8.88. The van der Waals surface area contributed by atoms with Gasteiger partial charge in [-0.1, -0.05) is 11.6 Å². The largest absolute Gasteiger partial charge is 0.381 e. The number of ether oxygens (including phenoxy) is 2. The molecular weight excluding hydrogens is 738 g/mol. The van der Waals surface area contributed by atoms with Crippen molar-refractivity contribution in [1.82, 2.24) is 34.0 Å². The van der Waals surface area contributed by atoms with Crippen LogP contribution in [0.15, 0.2) is 36.8 Å². The van der Waals surface area contributed by atoms with Crippen LogP contribution < -0.4 is 14.5 Å². The van der Waals surface area contributed by atoms with Gasteiger partial charge < -0.3 is 14.8 Å². The van der Waals surface area contributed by atoms with Crippen molar-refractivity contribution >= 4 is 50.9 Å². The number of nitrogens with one attached hydrogen (secondary N) is 1. The molecule has 2 atom stereocenters. The van der Waals surface area contributed by atoms with E-state index in [1.807, 2.05) is 32.0 Å². The Morgan fingerprint density at radius 3 is 2.65 bits per heavy atom. The van der Waals surface area contributed by atoms with Gasteiger partial charge in [0.1, 0.15) is 24.1 Å². The van der Waals surface area contributed by atoms with Gasteiger partial charge in [0.25, 0.3) is 5.91 Å². The molecule has 1 N–H and O–H groups in total. The van der Waals surface area contributed by atoms with Crippen molar-refractivity contribution in [2.24, 2.45) is 0 Å². The van der Waals surface area contributed by atoms with Gasteiger partial charge in [-0.3, -0.25) is 19.2 Å². The van der Waals surface area contributed by atoms with Gasteiger partial charge in [-0.05, 0) is 69.9 Å². The van der Waals surface area contributed by atoms with E-state index in [2.05, 4.69) is 20.4 Å². The lowest BCUT2D eigenvalue weighted by Crippen LogP contribution is -2.40. The van der Waals surface area contributed by atoms with E-state index in [1.54, 1.807) is 29.0 Å². The molecule has 6 heterocycles. The summed E-state index contributed by atoms with van der Waals surface area (Å²) in [5, 5.41) is 17.0. The minimum Gasteiger partial charge on any atom is -0.381 e. The number of hydrogen-bond acceptors (Lipinski definition) is 13. The first-order valence-corrected chi connectivity index (χ1v) is 19.3. The van der Waals surface area contributed by atoms with Crippen LogP contribution in [-0.2, 0) is 35.8 Å². The van der Waals surface area contributed by atoms with Crippen LogP contribution in [-0.4, -0.2) is 106 Å². The summed E-state index contributed by atoms with van der Waals surface area (Å²) in [5.41, 5.74) is 3.42. The zero-order valence-electron chi connectivity index (χ0n) is 29.9. The van der Waals surface area contributed by atoms with Crippen LogP contribution in [0.4, 0.5) is 17.3 Å². The van der Waals surface area contributed by atoms with E-state index in [9.17, 15) is 23.3 Å². The molecule has 282 valence electrons. The molecule has 2 fully saturated rings. The molecule has 3 aliphatic heterocycles. The van der Waals surface area contributed by atoms with E-state index in [0.29, 0.717) is 86.6 Å². The Labute approximate surface area is 317 Å². The maximum atomic E-state index is 13.4. The van der Waals surface area contributed by atoms with Crippen molar-refractivity contribution < 1.29 is 27.5 Å². The Morgan fingerprint density at radius 1 is 1.06 bits per heavy atom. The fraction of sp³-hybridized carbons (Fsp3) is 0.429. The first kappa shape index (κ1) is 37.3. The summed E-state index contributed by atoms with van der Waals surface area (Å²) in [5.74, 6) is 0.917. The van der Waals surface area contributed by atoms with Crippen molar-refractivity contribution in [3.05, 3.63) is 58.6 Å². The number of carbonyl (C=O) groups excluding carboxylic acids is 2. The molecule has 7 rings (SSSR count). The SMILES string of the molecule is CCN1C(=O)CNc2ncc(-c3ccc(-c4ncn(CCCOCCCOC5CCN6[C@H]5C(=O)N(c5ccc(C#N)c(Cl)c5C)S6(=O)=O)n4)nc3C)nc21. The smallest absolute Gasteiger partial charge is 0.311 e. The summed E-state index contributed by atoms with van der Waals surface area (Å²) in [7, 11) is -4.12. The number of carbonyl (C=O) groups is 2. The molecule has 0 aliphatic carbocycles. The second kappa shape index (κ2) is 15.4. The standard InChI is InChI=1S/C35H38ClN11O6S/c1-4-45-29(48)19-39-33-34(45)42-26(18-38-33)24-8-9-25(41-22(24)3)32-40-20-44(43-32)12-5-14-52-15-6-16-53-28-11-13-46-31(28)35(49)47(54(46,50)51)27-10-7-23(17-37)30(36)21(27)2/h7-10,18,20,28,31H,4-6,11-16,19H2,1-3H3,(H,38,39)/t28?,31-/m1/s1. The lowest BCUT2D eigenvalue weighted by Gasteiger charge is -2.27. The Hall–Kier alpha value is -5.06. The van der Waals surface area contributed by atoms with Crippen LogP contribution in [0.2, 0.25) is 5.02 Å². The average molecular weight is 776 g/mol. The quantitative estimate of drug-likeness (QED) is 0.194. The predicted molar refractivity (Wildman–Crippen MR) is 198 cm³/mol. The average Bonchev–Trinajstić information content (AvgIpc) is 3.86. The minimum atomic E-state index is -4.12. The Balaban J connectivity index is 0.856. The normalized spacial score (nSPS) is 19.2. The van der Waals surface area contributed by atoms with Gasteiger partial charge >= 0.3 is 10.2 Å². The van der Waals surface area contributed by atoms with Crippen molar-refractivity contribution in [2.75, 3.05) is 54.0 Å². The molecule has 17 nitrogen and oxygen atoms in total. The lowest BCUT2D eigenvalue weighted by molar-refractivity contribution is -0.122. The molecule has 3 aromatic heterocycles. The molecule has 19 heteroatoms. The van der Waals surface area contributed by atoms with E-state index in [-0.39, 0.29) is 35.3 Å². The number of pyridine rings is 1. The highest BCUT2D eigenvalue weighted by atomic mass is 35.5. The third-order valence-electron chi connectivity index (χ3n) is 9.58. The third-order valence-corrected chi connectivity index (χ3v) is 11.9. The number of fused-ring (bicyclic) bond motifs is 2. The molecule has 0 radical (unpaired) electrons. The summed E-state index contributed by atoms with van der Waals surface area (Å²) in [4.78, 5) is 45.7. The number of hydrogen-bond donors (Lipinski definition) is 1. The lowest BCUT2D eigenvalue weighted by atomic mass is 10.1. The molecular formula is C35H38ClN11O6S. The summed E-state index contributed by atoms with van der Waals surface area (Å²) in [6, 6.07) is 7.58. The molecule has 0 bridgehead atoms. The number of aryl methyl sites for hydroxylation is 2. The van der Waals surface area contributed by atoms with Gasteiger partial charge in [0.05, 0.1) is 40.8 Å². The number of nitrogens with zero attached hydrogens (tertiary/aromatic N) is 10. The van der Waals surface area contributed by atoms with E-state index < -0.39 is 28.3 Å².